The molecule has 6 nitrogen and oxygen atoms in total. The Morgan fingerprint density at radius 1 is 0.839 bits per heavy atom. The maximum atomic E-state index is 13.5. The molecule has 0 atom stereocenters. The minimum Gasteiger partial charge on any atom is -0.455 e. The second kappa shape index (κ2) is 6.54. The van der Waals surface area contributed by atoms with Crippen LogP contribution in [0.15, 0.2) is 66.9 Å². The molecule has 1 aliphatic rings. The van der Waals surface area contributed by atoms with Gasteiger partial charge in [0.25, 0.3) is 11.8 Å². The largest absolute Gasteiger partial charge is 0.455 e. The molecule has 0 aliphatic carbocycles. The van der Waals surface area contributed by atoms with Crippen molar-refractivity contribution in [3.63, 3.8) is 0 Å². The van der Waals surface area contributed by atoms with E-state index in [9.17, 15) is 14.4 Å². The number of benzene rings is 2. The van der Waals surface area contributed by atoms with E-state index >= 15 is 0 Å². The van der Waals surface area contributed by atoms with Crippen LogP contribution in [0.1, 0.15) is 52.0 Å². The van der Waals surface area contributed by atoms with E-state index in [0.29, 0.717) is 11.2 Å². The van der Waals surface area contributed by atoms with E-state index in [1.807, 2.05) is 36.4 Å². The number of aromatic nitrogens is 1. The predicted octanol–water partition coefficient (Wildman–Crippen LogP) is 4.85. The van der Waals surface area contributed by atoms with Crippen molar-refractivity contribution >= 4 is 39.8 Å². The Balaban J connectivity index is 1.84. The molecule has 2 aromatic heterocycles. The van der Waals surface area contributed by atoms with Crippen molar-refractivity contribution in [2.75, 3.05) is 4.90 Å². The number of esters is 1. The topological polar surface area (TPSA) is 68.1 Å². The van der Waals surface area contributed by atoms with Gasteiger partial charge in [0.1, 0.15) is 11.3 Å². The molecule has 31 heavy (non-hydrogen) atoms. The second-order valence-corrected chi connectivity index (χ2v) is 8.50. The highest BCUT2D eigenvalue weighted by molar-refractivity contribution is 6.39. The van der Waals surface area contributed by atoms with E-state index in [4.69, 9.17) is 4.74 Å². The number of rotatable bonds is 2. The van der Waals surface area contributed by atoms with E-state index in [1.165, 1.54) is 0 Å². The van der Waals surface area contributed by atoms with Crippen LogP contribution in [0, 0.1) is 0 Å². The number of hydrogen-bond acceptors (Lipinski definition) is 4. The summed E-state index contributed by atoms with van der Waals surface area (Å²) in [4.78, 5) is 41.3. The molecule has 0 bridgehead atoms. The number of carbonyl (C=O) groups is 3. The Morgan fingerprint density at radius 2 is 1.48 bits per heavy atom. The SMILES string of the molecule is CC(C)(C)OC(=O)c1c2c(c3c4ccccc4ccn13)C(=O)N(c1ccccc1)C2=O. The number of hydrogen-bond donors (Lipinski definition) is 0. The molecule has 154 valence electrons. The molecule has 0 saturated heterocycles. The van der Waals surface area contributed by atoms with Crippen LogP contribution >= 0.6 is 0 Å². The Kier molecular flexibility index (Phi) is 4.02. The smallest absolute Gasteiger partial charge is 0.356 e. The van der Waals surface area contributed by atoms with E-state index in [1.54, 1.807) is 55.6 Å². The zero-order valence-electron chi connectivity index (χ0n) is 17.4. The standard InChI is InChI=1S/C25H20N2O4/c1-25(2,3)31-24(30)21-19-18(20-17-12-8-7-9-15(17)13-14-26(20)21)22(28)27(23(19)29)16-10-5-4-6-11-16/h4-14H,1-3H3. The number of ether oxygens (including phenoxy) is 1. The zero-order valence-corrected chi connectivity index (χ0v) is 17.4. The summed E-state index contributed by atoms with van der Waals surface area (Å²) in [5, 5.41) is 1.69. The quantitative estimate of drug-likeness (QED) is 0.349. The van der Waals surface area contributed by atoms with Crippen LogP contribution in [-0.2, 0) is 4.74 Å². The Morgan fingerprint density at radius 3 is 2.19 bits per heavy atom. The predicted molar refractivity (Wildman–Crippen MR) is 118 cm³/mol. The fourth-order valence-corrected chi connectivity index (χ4v) is 4.09. The van der Waals surface area contributed by atoms with Crippen LogP contribution in [0.25, 0.3) is 16.3 Å². The molecular weight excluding hydrogens is 392 g/mol. The Bertz CT molecular complexity index is 1390. The van der Waals surface area contributed by atoms with Gasteiger partial charge in [-0.1, -0.05) is 42.5 Å². The lowest BCUT2D eigenvalue weighted by Crippen LogP contribution is -2.31. The van der Waals surface area contributed by atoms with Gasteiger partial charge in [0.05, 0.1) is 22.3 Å². The lowest BCUT2D eigenvalue weighted by Gasteiger charge is -2.20. The number of anilines is 1. The maximum absolute atomic E-state index is 13.5. The van der Waals surface area contributed by atoms with Crippen molar-refractivity contribution in [1.29, 1.82) is 0 Å². The first kappa shape index (κ1) is 19.1. The van der Waals surface area contributed by atoms with E-state index in [2.05, 4.69) is 0 Å². The van der Waals surface area contributed by atoms with E-state index < -0.39 is 23.4 Å². The van der Waals surface area contributed by atoms with Gasteiger partial charge in [-0.3, -0.25) is 9.59 Å². The molecule has 0 radical (unpaired) electrons. The van der Waals surface area contributed by atoms with Crippen LogP contribution in [0.4, 0.5) is 5.69 Å². The van der Waals surface area contributed by atoms with Gasteiger partial charge in [0.15, 0.2) is 0 Å². The number of amides is 2. The lowest BCUT2D eigenvalue weighted by molar-refractivity contribution is 0.00600. The van der Waals surface area contributed by atoms with Crippen molar-refractivity contribution in [3.05, 3.63) is 83.7 Å². The molecular formula is C25H20N2O4. The highest BCUT2D eigenvalue weighted by Crippen LogP contribution is 2.38. The third-order valence-electron chi connectivity index (χ3n) is 5.27. The molecule has 0 unspecified atom stereocenters. The van der Waals surface area contributed by atoms with Crippen LogP contribution in [0.2, 0.25) is 0 Å². The molecule has 0 fully saturated rings. The van der Waals surface area contributed by atoms with Crippen molar-refractivity contribution in [2.45, 2.75) is 26.4 Å². The van der Waals surface area contributed by atoms with Crippen molar-refractivity contribution < 1.29 is 19.1 Å². The summed E-state index contributed by atoms with van der Waals surface area (Å²) in [5.74, 6) is -1.62. The molecule has 2 aromatic carbocycles. The van der Waals surface area contributed by atoms with Crippen LogP contribution in [0.5, 0.6) is 0 Å². The van der Waals surface area contributed by atoms with Crippen molar-refractivity contribution in [3.8, 4) is 0 Å². The minimum absolute atomic E-state index is 0.0717. The molecule has 0 N–H and O–H groups in total. The summed E-state index contributed by atoms with van der Waals surface area (Å²) in [7, 11) is 0. The first-order valence-corrected chi connectivity index (χ1v) is 10.0. The molecule has 0 saturated carbocycles. The van der Waals surface area contributed by atoms with Crippen molar-refractivity contribution in [1.82, 2.24) is 4.40 Å². The molecule has 6 heteroatoms. The lowest BCUT2D eigenvalue weighted by atomic mass is 10.1. The van der Waals surface area contributed by atoms with Gasteiger partial charge in [-0.2, -0.15) is 0 Å². The zero-order chi connectivity index (χ0) is 21.9. The summed E-state index contributed by atoms with van der Waals surface area (Å²) < 4.78 is 7.22. The summed E-state index contributed by atoms with van der Waals surface area (Å²) >= 11 is 0. The van der Waals surface area contributed by atoms with E-state index in [0.717, 1.165) is 15.7 Å². The van der Waals surface area contributed by atoms with Gasteiger partial charge < -0.3 is 9.14 Å². The number of fused-ring (bicyclic) bond motifs is 5. The van der Waals surface area contributed by atoms with Gasteiger partial charge in [-0.25, -0.2) is 9.69 Å². The first-order chi connectivity index (χ1) is 14.8. The third-order valence-corrected chi connectivity index (χ3v) is 5.27. The van der Waals surface area contributed by atoms with Gasteiger partial charge in [-0.15, -0.1) is 0 Å². The molecule has 4 aromatic rings. The van der Waals surface area contributed by atoms with Crippen LogP contribution in [0.3, 0.4) is 0 Å². The number of nitrogens with zero attached hydrogens (tertiary/aromatic N) is 2. The first-order valence-electron chi connectivity index (χ1n) is 10.0. The molecule has 2 amide bonds. The Hall–Kier alpha value is -3.93. The fraction of sp³-hybridized carbons (Fsp3) is 0.160. The average molecular weight is 412 g/mol. The Labute approximate surface area is 178 Å². The fourth-order valence-electron chi connectivity index (χ4n) is 4.09. The highest BCUT2D eigenvalue weighted by atomic mass is 16.6. The highest BCUT2D eigenvalue weighted by Gasteiger charge is 2.45. The molecule has 3 heterocycles. The average Bonchev–Trinajstić information content (AvgIpc) is 3.20. The number of carbonyl (C=O) groups excluding carboxylic acids is 3. The number of imide groups is 1. The molecule has 1 aliphatic heterocycles. The molecule has 5 rings (SSSR count). The van der Waals surface area contributed by atoms with Gasteiger partial charge in [-0.05, 0) is 44.4 Å². The third kappa shape index (κ3) is 2.83. The monoisotopic (exact) mass is 412 g/mol. The van der Waals surface area contributed by atoms with E-state index in [-0.39, 0.29) is 16.8 Å². The molecule has 0 spiro atoms. The summed E-state index contributed by atoms with van der Waals surface area (Å²) in [5.41, 5.74) is 0.622. The number of para-hydroxylation sites is 1. The van der Waals surface area contributed by atoms with Gasteiger partial charge in [0, 0.05) is 11.6 Å². The second-order valence-electron chi connectivity index (χ2n) is 8.50. The maximum Gasteiger partial charge on any atom is 0.356 e. The van der Waals surface area contributed by atoms with Crippen molar-refractivity contribution in [2.24, 2.45) is 0 Å². The minimum atomic E-state index is -0.754. The summed E-state index contributed by atoms with van der Waals surface area (Å²) in [6.45, 7) is 5.29. The summed E-state index contributed by atoms with van der Waals surface area (Å²) in [6, 6.07) is 18.2. The number of pyridine rings is 1. The normalized spacial score (nSPS) is 13.8. The van der Waals surface area contributed by atoms with Gasteiger partial charge >= 0.3 is 5.97 Å². The summed E-state index contributed by atoms with van der Waals surface area (Å²) in [6.07, 6.45) is 1.71. The van der Waals surface area contributed by atoms with Gasteiger partial charge in [0.2, 0.25) is 0 Å². The van der Waals surface area contributed by atoms with Crippen LogP contribution < -0.4 is 4.90 Å². The van der Waals surface area contributed by atoms with Crippen LogP contribution in [-0.4, -0.2) is 27.8 Å².